The molecule has 0 aliphatic rings. The van der Waals surface area contributed by atoms with Crippen molar-refractivity contribution in [2.45, 2.75) is 12.5 Å². The number of ether oxygens (including phenoxy) is 1. The van der Waals surface area contributed by atoms with Crippen molar-refractivity contribution in [1.82, 2.24) is 0 Å². The Bertz CT molecular complexity index is 525. The highest BCUT2D eigenvalue weighted by atomic mass is 16.5. The van der Waals surface area contributed by atoms with Crippen LogP contribution in [0.25, 0.3) is 0 Å². The zero-order valence-corrected chi connectivity index (χ0v) is 10.3. The van der Waals surface area contributed by atoms with Gasteiger partial charge < -0.3 is 15.6 Å². The summed E-state index contributed by atoms with van der Waals surface area (Å²) in [5.41, 5.74) is 8.23. The molecular weight excluding hydrogens is 226 g/mol. The van der Waals surface area contributed by atoms with Gasteiger partial charge >= 0.3 is 0 Å². The molecule has 0 aliphatic carbocycles. The van der Waals surface area contributed by atoms with Crippen molar-refractivity contribution in [3.05, 3.63) is 59.7 Å². The topological polar surface area (TPSA) is 55.5 Å². The second-order valence-corrected chi connectivity index (χ2v) is 4.24. The normalized spacial score (nSPS) is 12.1. The number of aliphatic hydroxyl groups excluding tert-OH is 1. The minimum absolute atomic E-state index is 0.542. The van der Waals surface area contributed by atoms with Crippen LogP contribution >= 0.6 is 0 Å². The van der Waals surface area contributed by atoms with Crippen LogP contribution in [0.15, 0.2) is 48.5 Å². The van der Waals surface area contributed by atoms with E-state index in [9.17, 15) is 5.11 Å². The number of benzene rings is 2. The van der Waals surface area contributed by atoms with Crippen molar-refractivity contribution < 1.29 is 9.84 Å². The van der Waals surface area contributed by atoms with Gasteiger partial charge in [-0.2, -0.15) is 0 Å². The molecule has 3 nitrogen and oxygen atoms in total. The average molecular weight is 243 g/mol. The molecule has 0 saturated carbocycles. The predicted octanol–water partition coefficient (Wildman–Crippen LogP) is 2.55. The van der Waals surface area contributed by atoms with Gasteiger partial charge in [-0.15, -0.1) is 0 Å². The van der Waals surface area contributed by atoms with E-state index in [4.69, 9.17) is 10.5 Å². The molecule has 0 heterocycles. The standard InChI is InChI=1S/C15H17NO2/c1-18-14-7-2-4-11(8-14)9-15(17)12-5-3-6-13(16)10-12/h2-8,10,15,17H,9,16H2,1H3. The lowest BCUT2D eigenvalue weighted by Crippen LogP contribution is -2.02. The Morgan fingerprint density at radius 2 is 1.94 bits per heavy atom. The molecule has 0 aliphatic heterocycles. The number of methoxy groups -OCH3 is 1. The Hall–Kier alpha value is -2.00. The number of nitrogen functional groups attached to an aromatic ring is 1. The van der Waals surface area contributed by atoms with E-state index in [-0.39, 0.29) is 0 Å². The molecule has 2 rings (SSSR count). The zero-order valence-electron chi connectivity index (χ0n) is 10.3. The average Bonchev–Trinajstić information content (AvgIpc) is 2.39. The van der Waals surface area contributed by atoms with E-state index in [0.29, 0.717) is 12.1 Å². The fraction of sp³-hybridized carbons (Fsp3) is 0.200. The first-order valence-corrected chi connectivity index (χ1v) is 5.85. The van der Waals surface area contributed by atoms with Gasteiger partial charge in [0.1, 0.15) is 5.75 Å². The van der Waals surface area contributed by atoms with Crippen LogP contribution in [0.5, 0.6) is 5.75 Å². The Balaban J connectivity index is 2.13. The monoisotopic (exact) mass is 243 g/mol. The van der Waals surface area contributed by atoms with Gasteiger partial charge in [-0.1, -0.05) is 24.3 Å². The first-order chi connectivity index (χ1) is 8.69. The lowest BCUT2D eigenvalue weighted by molar-refractivity contribution is 0.178. The highest BCUT2D eigenvalue weighted by Crippen LogP contribution is 2.22. The van der Waals surface area contributed by atoms with Crippen molar-refractivity contribution in [1.29, 1.82) is 0 Å². The SMILES string of the molecule is COc1cccc(CC(O)c2cccc(N)c2)c1. The van der Waals surface area contributed by atoms with E-state index in [0.717, 1.165) is 16.9 Å². The highest BCUT2D eigenvalue weighted by Gasteiger charge is 2.09. The maximum absolute atomic E-state index is 10.2. The quantitative estimate of drug-likeness (QED) is 0.811. The summed E-state index contributed by atoms with van der Waals surface area (Å²) in [7, 11) is 1.63. The van der Waals surface area contributed by atoms with Gasteiger partial charge in [0.05, 0.1) is 13.2 Å². The van der Waals surface area contributed by atoms with Gasteiger partial charge in [0.2, 0.25) is 0 Å². The van der Waals surface area contributed by atoms with Crippen LogP contribution in [0.2, 0.25) is 0 Å². The van der Waals surface area contributed by atoms with Crippen LogP contribution in [0, 0.1) is 0 Å². The van der Waals surface area contributed by atoms with Gasteiger partial charge in [0.25, 0.3) is 0 Å². The van der Waals surface area contributed by atoms with E-state index in [1.165, 1.54) is 0 Å². The van der Waals surface area contributed by atoms with E-state index in [1.54, 1.807) is 13.2 Å². The zero-order chi connectivity index (χ0) is 13.0. The third-order valence-electron chi connectivity index (χ3n) is 2.86. The molecule has 94 valence electrons. The molecule has 2 aromatic carbocycles. The van der Waals surface area contributed by atoms with Gasteiger partial charge in [-0.25, -0.2) is 0 Å². The molecule has 3 N–H and O–H groups in total. The molecule has 1 atom stereocenters. The van der Waals surface area contributed by atoms with Crippen molar-refractivity contribution in [3.8, 4) is 5.75 Å². The van der Waals surface area contributed by atoms with Crippen LogP contribution in [-0.2, 0) is 6.42 Å². The number of anilines is 1. The van der Waals surface area contributed by atoms with Gasteiger partial charge in [-0.05, 0) is 35.4 Å². The summed E-state index contributed by atoms with van der Waals surface area (Å²) in [5, 5.41) is 10.2. The third kappa shape index (κ3) is 3.02. The first kappa shape index (κ1) is 12.5. The molecule has 0 saturated heterocycles. The summed E-state index contributed by atoms with van der Waals surface area (Å²) in [6.07, 6.45) is -0.0127. The summed E-state index contributed by atoms with van der Waals surface area (Å²) in [4.78, 5) is 0. The summed E-state index contributed by atoms with van der Waals surface area (Å²) in [5.74, 6) is 0.798. The molecular formula is C15H17NO2. The lowest BCUT2D eigenvalue weighted by Gasteiger charge is -2.12. The maximum atomic E-state index is 10.2. The predicted molar refractivity (Wildman–Crippen MR) is 72.5 cm³/mol. The van der Waals surface area contributed by atoms with Crippen molar-refractivity contribution in [2.24, 2.45) is 0 Å². The van der Waals surface area contributed by atoms with Gasteiger partial charge in [-0.3, -0.25) is 0 Å². The fourth-order valence-corrected chi connectivity index (χ4v) is 1.91. The van der Waals surface area contributed by atoms with E-state index in [2.05, 4.69) is 0 Å². The molecule has 2 aromatic rings. The maximum Gasteiger partial charge on any atom is 0.119 e. The molecule has 18 heavy (non-hydrogen) atoms. The number of hydrogen-bond acceptors (Lipinski definition) is 3. The Morgan fingerprint density at radius 3 is 2.67 bits per heavy atom. The second-order valence-electron chi connectivity index (χ2n) is 4.24. The van der Waals surface area contributed by atoms with E-state index in [1.807, 2.05) is 42.5 Å². The van der Waals surface area contributed by atoms with Gasteiger partial charge in [0, 0.05) is 12.1 Å². The summed E-state index contributed by atoms with van der Waals surface area (Å²) in [6.45, 7) is 0. The number of aliphatic hydroxyl groups is 1. The highest BCUT2D eigenvalue weighted by molar-refractivity contribution is 5.41. The molecule has 0 aromatic heterocycles. The van der Waals surface area contributed by atoms with E-state index < -0.39 is 6.10 Å². The molecule has 0 amide bonds. The molecule has 0 bridgehead atoms. The van der Waals surface area contributed by atoms with Crippen LogP contribution in [0.3, 0.4) is 0 Å². The molecule has 1 unspecified atom stereocenters. The van der Waals surface area contributed by atoms with Crippen molar-refractivity contribution in [2.75, 3.05) is 12.8 Å². The van der Waals surface area contributed by atoms with Crippen LogP contribution in [-0.4, -0.2) is 12.2 Å². The van der Waals surface area contributed by atoms with Gasteiger partial charge in [0.15, 0.2) is 0 Å². The minimum Gasteiger partial charge on any atom is -0.497 e. The first-order valence-electron chi connectivity index (χ1n) is 5.85. The van der Waals surface area contributed by atoms with E-state index >= 15 is 0 Å². The molecule has 3 heteroatoms. The Labute approximate surface area is 107 Å². The third-order valence-corrected chi connectivity index (χ3v) is 2.86. The largest absolute Gasteiger partial charge is 0.497 e. The van der Waals surface area contributed by atoms with Crippen LogP contribution in [0.1, 0.15) is 17.2 Å². The Morgan fingerprint density at radius 1 is 1.17 bits per heavy atom. The van der Waals surface area contributed by atoms with Crippen molar-refractivity contribution >= 4 is 5.69 Å². The van der Waals surface area contributed by atoms with Crippen LogP contribution < -0.4 is 10.5 Å². The smallest absolute Gasteiger partial charge is 0.119 e. The fourth-order valence-electron chi connectivity index (χ4n) is 1.91. The van der Waals surface area contributed by atoms with Crippen molar-refractivity contribution in [3.63, 3.8) is 0 Å². The summed E-state index contributed by atoms with van der Waals surface area (Å²) < 4.78 is 5.16. The number of nitrogens with two attached hydrogens (primary N) is 1. The molecule has 0 fully saturated rings. The van der Waals surface area contributed by atoms with Crippen LogP contribution in [0.4, 0.5) is 5.69 Å². The minimum atomic E-state index is -0.555. The molecule has 0 spiro atoms. The Kier molecular flexibility index (Phi) is 3.85. The molecule has 0 radical (unpaired) electrons. The number of hydrogen-bond donors (Lipinski definition) is 2. The summed E-state index contributed by atoms with van der Waals surface area (Å²) in [6, 6.07) is 15.0. The second kappa shape index (κ2) is 5.56. The lowest BCUT2D eigenvalue weighted by atomic mass is 10.0. The number of rotatable bonds is 4. The summed E-state index contributed by atoms with van der Waals surface area (Å²) >= 11 is 0.